The van der Waals surface area contributed by atoms with Crippen LogP contribution in [0.3, 0.4) is 0 Å². The highest BCUT2D eigenvalue weighted by atomic mass is 19.1. The van der Waals surface area contributed by atoms with Gasteiger partial charge in [0, 0.05) is 6.20 Å². The van der Waals surface area contributed by atoms with Gasteiger partial charge in [0.1, 0.15) is 5.82 Å². The van der Waals surface area contributed by atoms with Gasteiger partial charge in [-0.15, -0.1) is 0 Å². The lowest BCUT2D eigenvalue weighted by Crippen LogP contribution is -2.29. The van der Waals surface area contributed by atoms with Crippen LogP contribution in [-0.4, -0.2) is 10.2 Å². The van der Waals surface area contributed by atoms with Crippen LogP contribution in [0.1, 0.15) is 17.2 Å². The van der Waals surface area contributed by atoms with E-state index >= 15 is 0 Å². The van der Waals surface area contributed by atoms with Gasteiger partial charge in [-0.2, -0.15) is 10.2 Å². The molecule has 1 unspecified atom stereocenters. The van der Waals surface area contributed by atoms with Gasteiger partial charge in [0.2, 0.25) is 0 Å². The number of hydrazine groups is 1. The number of rotatable bonds is 4. The van der Waals surface area contributed by atoms with Crippen LogP contribution in [0.4, 0.5) is 4.39 Å². The summed E-state index contributed by atoms with van der Waals surface area (Å²) in [6.45, 7) is 0. The monoisotopic (exact) mass is 232 g/mol. The molecule has 2 aromatic rings. The Bertz CT molecular complexity index is 475. The molecule has 0 aliphatic rings. The molecule has 0 amide bonds. The van der Waals surface area contributed by atoms with Gasteiger partial charge < -0.3 is 0 Å². The minimum atomic E-state index is -0.244. The Morgan fingerprint density at radius 1 is 1.29 bits per heavy atom. The fourth-order valence-electron chi connectivity index (χ4n) is 1.68. The number of nitrogens with one attached hydrogen (secondary N) is 1. The third-order valence-corrected chi connectivity index (χ3v) is 2.54. The lowest BCUT2D eigenvalue weighted by atomic mass is 10.0. The summed E-state index contributed by atoms with van der Waals surface area (Å²) in [5, 5.41) is 7.50. The first-order valence-corrected chi connectivity index (χ1v) is 5.27. The molecule has 2 rings (SSSR count). The molecule has 5 heteroatoms. The molecule has 1 aromatic heterocycles. The van der Waals surface area contributed by atoms with Crippen LogP contribution in [0.2, 0.25) is 0 Å². The van der Waals surface area contributed by atoms with Crippen molar-refractivity contribution in [3.8, 4) is 0 Å². The van der Waals surface area contributed by atoms with Gasteiger partial charge in [-0.25, -0.2) is 4.39 Å². The second-order valence-corrected chi connectivity index (χ2v) is 3.73. The van der Waals surface area contributed by atoms with Gasteiger partial charge in [0.25, 0.3) is 0 Å². The quantitative estimate of drug-likeness (QED) is 0.617. The van der Waals surface area contributed by atoms with Gasteiger partial charge in [0.15, 0.2) is 0 Å². The molecule has 0 aliphatic carbocycles. The average Bonchev–Trinajstić information content (AvgIpc) is 2.37. The zero-order valence-electron chi connectivity index (χ0n) is 9.18. The highest BCUT2D eigenvalue weighted by molar-refractivity contribution is 5.21. The molecule has 0 radical (unpaired) electrons. The predicted molar refractivity (Wildman–Crippen MR) is 62.2 cm³/mol. The first kappa shape index (κ1) is 11.6. The molecule has 0 fully saturated rings. The van der Waals surface area contributed by atoms with Crippen molar-refractivity contribution >= 4 is 0 Å². The molecule has 0 spiro atoms. The Morgan fingerprint density at radius 2 is 2.18 bits per heavy atom. The van der Waals surface area contributed by atoms with Crippen molar-refractivity contribution in [1.29, 1.82) is 0 Å². The number of halogens is 1. The maximum atomic E-state index is 13.0. The third kappa shape index (κ3) is 3.05. The Balaban J connectivity index is 2.16. The van der Waals surface area contributed by atoms with Gasteiger partial charge in [-0.3, -0.25) is 11.3 Å². The summed E-state index contributed by atoms with van der Waals surface area (Å²) in [6.07, 6.45) is 3.84. The summed E-state index contributed by atoms with van der Waals surface area (Å²) >= 11 is 0. The summed E-state index contributed by atoms with van der Waals surface area (Å²) in [5.74, 6) is 5.25. The zero-order valence-corrected chi connectivity index (χ0v) is 9.18. The van der Waals surface area contributed by atoms with E-state index in [9.17, 15) is 4.39 Å². The molecule has 1 heterocycles. The highest BCUT2D eigenvalue weighted by Crippen LogP contribution is 2.16. The van der Waals surface area contributed by atoms with Crippen molar-refractivity contribution in [2.75, 3.05) is 0 Å². The number of hydrogen-bond donors (Lipinski definition) is 2. The Hall–Kier alpha value is -1.85. The molecule has 0 bridgehead atoms. The molecule has 0 aliphatic heterocycles. The van der Waals surface area contributed by atoms with Gasteiger partial charge in [-0.1, -0.05) is 12.1 Å². The summed E-state index contributed by atoms with van der Waals surface area (Å²) < 4.78 is 13.0. The number of nitrogens with zero attached hydrogens (tertiary/aromatic N) is 2. The van der Waals surface area contributed by atoms with Crippen molar-refractivity contribution in [3.63, 3.8) is 0 Å². The lowest BCUT2D eigenvalue weighted by molar-refractivity contribution is 0.545. The molecule has 1 atom stereocenters. The highest BCUT2D eigenvalue weighted by Gasteiger charge is 2.10. The molecule has 88 valence electrons. The maximum absolute atomic E-state index is 13.0. The number of nitrogens with two attached hydrogens (primary N) is 1. The summed E-state index contributed by atoms with van der Waals surface area (Å²) in [4.78, 5) is 0. The Kier molecular flexibility index (Phi) is 3.74. The maximum Gasteiger partial charge on any atom is 0.123 e. The SMILES string of the molecule is NNC(Cc1cccc(F)c1)c1ccnnc1. The minimum absolute atomic E-state index is 0.104. The van der Waals surface area contributed by atoms with Crippen molar-refractivity contribution in [3.05, 3.63) is 59.7 Å². The first-order valence-electron chi connectivity index (χ1n) is 5.27. The molecule has 3 N–H and O–H groups in total. The summed E-state index contributed by atoms with van der Waals surface area (Å²) in [6, 6.07) is 8.19. The van der Waals surface area contributed by atoms with Crippen molar-refractivity contribution in [2.45, 2.75) is 12.5 Å². The Morgan fingerprint density at radius 3 is 2.82 bits per heavy atom. The number of aromatic nitrogens is 2. The van der Waals surface area contributed by atoms with Crippen LogP contribution in [0.25, 0.3) is 0 Å². The predicted octanol–water partition coefficient (Wildman–Crippen LogP) is 1.36. The van der Waals surface area contributed by atoms with Crippen LogP contribution in [0.5, 0.6) is 0 Å². The third-order valence-electron chi connectivity index (χ3n) is 2.54. The normalized spacial score (nSPS) is 12.4. The van der Waals surface area contributed by atoms with Gasteiger partial charge in [-0.05, 0) is 35.7 Å². The molecular formula is C12H13FN4. The second kappa shape index (κ2) is 5.47. The molecule has 1 aromatic carbocycles. The molecule has 0 saturated carbocycles. The second-order valence-electron chi connectivity index (χ2n) is 3.73. The van der Waals surface area contributed by atoms with Crippen LogP contribution < -0.4 is 11.3 Å². The van der Waals surface area contributed by atoms with E-state index in [1.54, 1.807) is 18.5 Å². The smallest absolute Gasteiger partial charge is 0.123 e. The molecule has 0 saturated heterocycles. The van der Waals surface area contributed by atoms with Crippen molar-refractivity contribution < 1.29 is 4.39 Å². The van der Waals surface area contributed by atoms with E-state index in [0.29, 0.717) is 6.42 Å². The van der Waals surface area contributed by atoms with Crippen LogP contribution >= 0.6 is 0 Å². The fraction of sp³-hybridized carbons (Fsp3) is 0.167. The summed E-state index contributed by atoms with van der Waals surface area (Å²) in [5.41, 5.74) is 4.50. The van der Waals surface area contributed by atoms with Gasteiger partial charge >= 0.3 is 0 Å². The standard InChI is InChI=1S/C12H13FN4/c13-11-3-1-2-9(6-11)7-12(17-14)10-4-5-15-16-8-10/h1-6,8,12,17H,7,14H2. The number of benzene rings is 1. The van der Waals surface area contributed by atoms with E-state index in [0.717, 1.165) is 11.1 Å². The first-order chi connectivity index (χ1) is 8.29. The Labute approximate surface area is 98.7 Å². The topological polar surface area (TPSA) is 63.8 Å². The largest absolute Gasteiger partial charge is 0.271 e. The summed E-state index contributed by atoms with van der Waals surface area (Å²) in [7, 11) is 0. The molecular weight excluding hydrogens is 219 g/mol. The zero-order chi connectivity index (χ0) is 12.1. The van der Waals surface area contributed by atoms with E-state index < -0.39 is 0 Å². The number of hydrogen-bond acceptors (Lipinski definition) is 4. The van der Waals surface area contributed by atoms with E-state index in [2.05, 4.69) is 15.6 Å². The molecule has 17 heavy (non-hydrogen) atoms. The van der Waals surface area contributed by atoms with Crippen LogP contribution in [0, 0.1) is 5.82 Å². The van der Waals surface area contributed by atoms with E-state index in [-0.39, 0.29) is 11.9 Å². The van der Waals surface area contributed by atoms with Crippen molar-refractivity contribution in [1.82, 2.24) is 15.6 Å². The molecule has 4 nitrogen and oxygen atoms in total. The minimum Gasteiger partial charge on any atom is -0.271 e. The lowest BCUT2D eigenvalue weighted by Gasteiger charge is -2.15. The fourth-order valence-corrected chi connectivity index (χ4v) is 1.68. The van der Waals surface area contributed by atoms with E-state index in [1.165, 1.54) is 12.1 Å². The van der Waals surface area contributed by atoms with Crippen LogP contribution in [-0.2, 0) is 6.42 Å². The van der Waals surface area contributed by atoms with E-state index in [1.807, 2.05) is 12.1 Å². The van der Waals surface area contributed by atoms with Crippen LogP contribution in [0.15, 0.2) is 42.7 Å². The van der Waals surface area contributed by atoms with E-state index in [4.69, 9.17) is 5.84 Å². The van der Waals surface area contributed by atoms with Crippen molar-refractivity contribution in [2.24, 2.45) is 5.84 Å². The van der Waals surface area contributed by atoms with Gasteiger partial charge in [0.05, 0.1) is 12.2 Å². The average molecular weight is 232 g/mol.